The van der Waals surface area contributed by atoms with Gasteiger partial charge in [0.2, 0.25) is 0 Å². The van der Waals surface area contributed by atoms with Crippen molar-refractivity contribution in [2.24, 2.45) is 0 Å². The lowest BCUT2D eigenvalue weighted by atomic mass is 10.0. The summed E-state index contributed by atoms with van der Waals surface area (Å²) in [5.41, 5.74) is 1.49. The van der Waals surface area contributed by atoms with Gasteiger partial charge in [-0.3, -0.25) is 4.79 Å². The second-order valence-corrected chi connectivity index (χ2v) is 8.43. The maximum atomic E-state index is 13.0. The molecule has 41 heavy (non-hydrogen) atoms. The van der Waals surface area contributed by atoms with Crippen LogP contribution in [-0.2, 0) is 14.3 Å². The minimum absolute atomic E-state index is 0.0736. The first-order chi connectivity index (χ1) is 19.9. The summed E-state index contributed by atoms with van der Waals surface area (Å²) in [6.45, 7) is 1.78. The van der Waals surface area contributed by atoms with E-state index in [2.05, 4.69) is 10.4 Å². The molecule has 11 nitrogen and oxygen atoms in total. The average Bonchev–Trinajstić information content (AvgIpc) is 3.41. The van der Waals surface area contributed by atoms with Crippen molar-refractivity contribution in [2.75, 3.05) is 39.9 Å². The second-order valence-electron chi connectivity index (χ2n) is 8.43. The maximum absolute atomic E-state index is 13.0. The number of hydrogen-bond acceptors (Lipinski definition) is 9. The van der Waals surface area contributed by atoms with Crippen LogP contribution < -0.4 is 19.5 Å². The second kappa shape index (κ2) is 13.2. The summed E-state index contributed by atoms with van der Waals surface area (Å²) in [4.78, 5) is 38.4. The Bertz CT molecular complexity index is 1550. The van der Waals surface area contributed by atoms with Gasteiger partial charge >= 0.3 is 11.9 Å². The SMILES string of the molecule is CCOc1cc(-c2nn(-c3ccccc3)c(C(=O)OC)c2C(=O)OC)ccc1OCC(=O)Nc1ccccc1OC. The molecule has 0 saturated carbocycles. The largest absolute Gasteiger partial charge is 0.495 e. The number of carbonyl (C=O) groups excluding carboxylic acids is 3. The highest BCUT2D eigenvalue weighted by Crippen LogP contribution is 2.36. The van der Waals surface area contributed by atoms with Gasteiger partial charge in [0.05, 0.1) is 39.3 Å². The highest BCUT2D eigenvalue weighted by molar-refractivity contribution is 6.07. The summed E-state index contributed by atoms with van der Waals surface area (Å²) in [7, 11) is 3.94. The van der Waals surface area contributed by atoms with Crippen molar-refractivity contribution in [3.05, 3.63) is 84.1 Å². The third-order valence-corrected chi connectivity index (χ3v) is 5.91. The zero-order chi connectivity index (χ0) is 29.4. The molecule has 0 bridgehead atoms. The van der Waals surface area contributed by atoms with Crippen LogP contribution in [0.2, 0.25) is 0 Å². The van der Waals surface area contributed by atoms with Gasteiger partial charge in [0.15, 0.2) is 23.8 Å². The molecule has 1 amide bonds. The molecular formula is C30H29N3O8. The summed E-state index contributed by atoms with van der Waals surface area (Å²) in [5.74, 6) is -0.824. The summed E-state index contributed by atoms with van der Waals surface area (Å²) in [6.07, 6.45) is 0. The van der Waals surface area contributed by atoms with Gasteiger partial charge in [-0.1, -0.05) is 30.3 Å². The summed E-state index contributed by atoms with van der Waals surface area (Å²) < 4.78 is 28.1. The van der Waals surface area contributed by atoms with E-state index in [1.807, 2.05) is 6.07 Å². The summed E-state index contributed by atoms with van der Waals surface area (Å²) in [6, 6.07) is 20.7. The van der Waals surface area contributed by atoms with Gasteiger partial charge in [-0.25, -0.2) is 14.3 Å². The lowest BCUT2D eigenvalue weighted by Gasteiger charge is -2.14. The lowest BCUT2D eigenvalue weighted by Crippen LogP contribution is -2.20. The average molecular weight is 560 g/mol. The monoisotopic (exact) mass is 559 g/mol. The number of hydrogen-bond donors (Lipinski definition) is 1. The number of ether oxygens (including phenoxy) is 5. The topological polar surface area (TPSA) is 127 Å². The number of nitrogens with one attached hydrogen (secondary N) is 1. The van der Waals surface area contributed by atoms with E-state index in [0.717, 1.165) is 0 Å². The van der Waals surface area contributed by atoms with E-state index in [1.54, 1.807) is 73.7 Å². The van der Waals surface area contributed by atoms with E-state index < -0.39 is 17.8 Å². The first kappa shape index (κ1) is 28.7. The standard InChI is InChI=1S/C30H29N3O8/c1-5-40-24-17-19(15-16-23(24)41-18-25(34)31-21-13-9-10-14-22(21)37-2)27-26(29(35)38-3)28(30(36)39-4)33(32-27)20-11-7-6-8-12-20/h6-17H,5,18H2,1-4H3,(H,31,34). The number of benzene rings is 3. The van der Waals surface area contributed by atoms with E-state index in [1.165, 1.54) is 26.0 Å². The molecule has 1 heterocycles. The van der Waals surface area contributed by atoms with Gasteiger partial charge in [0.1, 0.15) is 17.0 Å². The van der Waals surface area contributed by atoms with Crippen LogP contribution in [0, 0.1) is 0 Å². The maximum Gasteiger partial charge on any atom is 0.357 e. The van der Waals surface area contributed by atoms with Gasteiger partial charge < -0.3 is 29.0 Å². The number of aromatic nitrogens is 2. The van der Waals surface area contributed by atoms with Crippen LogP contribution in [0.1, 0.15) is 27.8 Å². The first-order valence-corrected chi connectivity index (χ1v) is 12.6. The van der Waals surface area contributed by atoms with Gasteiger partial charge in [0, 0.05) is 5.56 Å². The fourth-order valence-electron chi connectivity index (χ4n) is 4.08. The third-order valence-electron chi connectivity index (χ3n) is 5.91. The van der Waals surface area contributed by atoms with E-state index in [-0.39, 0.29) is 23.6 Å². The Morgan fingerprint density at radius 2 is 1.51 bits per heavy atom. The lowest BCUT2D eigenvalue weighted by molar-refractivity contribution is -0.118. The van der Waals surface area contributed by atoms with Crippen molar-refractivity contribution in [2.45, 2.75) is 6.92 Å². The van der Waals surface area contributed by atoms with E-state index in [0.29, 0.717) is 40.8 Å². The van der Waals surface area contributed by atoms with Crippen LogP contribution in [0.15, 0.2) is 72.8 Å². The molecule has 4 aromatic rings. The van der Waals surface area contributed by atoms with Crippen LogP contribution in [-0.4, -0.2) is 62.2 Å². The molecule has 0 aliphatic carbocycles. The molecule has 0 unspecified atom stereocenters. The van der Waals surface area contributed by atoms with Crippen molar-refractivity contribution in [3.8, 4) is 34.2 Å². The van der Waals surface area contributed by atoms with Gasteiger partial charge in [-0.15, -0.1) is 0 Å². The van der Waals surface area contributed by atoms with Crippen molar-refractivity contribution in [1.29, 1.82) is 0 Å². The molecule has 0 atom stereocenters. The fourth-order valence-corrected chi connectivity index (χ4v) is 4.08. The molecule has 0 saturated heterocycles. The van der Waals surface area contributed by atoms with E-state index in [9.17, 15) is 14.4 Å². The zero-order valence-electron chi connectivity index (χ0n) is 23.0. The zero-order valence-corrected chi connectivity index (χ0v) is 23.0. The molecule has 212 valence electrons. The van der Waals surface area contributed by atoms with Crippen LogP contribution in [0.4, 0.5) is 5.69 Å². The van der Waals surface area contributed by atoms with Crippen molar-refractivity contribution < 1.29 is 38.1 Å². The van der Waals surface area contributed by atoms with Gasteiger partial charge in [-0.05, 0) is 49.4 Å². The fraction of sp³-hybridized carbons (Fsp3) is 0.200. The Morgan fingerprint density at radius 3 is 2.20 bits per heavy atom. The molecule has 0 spiro atoms. The number of anilines is 1. The summed E-state index contributed by atoms with van der Waals surface area (Å²) in [5, 5.41) is 7.35. The van der Waals surface area contributed by atoms with Gasteiger partial charge in [0.25, 0.3) is 5.91 Å². The number of nitrogens with zero attached hydrogens (tertiary/aromatic N) is 2. The number of amides is 1. The smallest absolute Gasteiger partial charge is 0.357 e. The molecule has 11 heteroatoms. The van der Waals surface area contributed by atoms with Gasteiger partial charge in [-0.2, -0.15) is 5.10 Å². The Balaban J connectivity index is 1.70. The van der Waals surface area contributed by atoms with Crippen molar-refractivity contribution in [3.63, 3.8) is 0 Å². The van der Waals surface area contributed by atoms with Crippen LogP contribution in [0.3, 0.4) is 0 Å². The number of esters is 2. The molecule has 3 aromatic carbocycles. The highest BCUT2D eigenvalue weighted by Gasteiger charge is 2.31. The Kier molecular flexibility index (Phi) is 9.20. The Morgan fingerprint density at radius 1 is 0.805 bits per heavy atom. The Hall–Kier alpha value is -5.32. The number of methoxy groups -OCH3 is 3. The van der Waals surface area contributed by atoms with Crippen molar-refractivity contribution >= 4 is 23.5 Å². The predicted molar refractivity (Wildman–Crippen MR) is 150 cm³/mol. The molecule has 0 aliphatic heterocycles. The van der Waals surface area contributed by atoms with Crippen molar-refractivity contribution in [1.82, 2.24) is 9.78 Å². The molecule has 0 fully saturated rings. The quantitative estimate of drug-likeness (QED) is 0.264. The Labute approximate surface area is 236 Å². The van der Waals surface area contributed by atoms with Crippen LogP contribution in [0.5, 0.6) is 17.2 Å². The predicted octanol–water partition coefficient (Wildman–Crippen LogP) is 4.54. The minimum Gasteiger partial charge on any atom is -0.495 e. The third kappa shape index (κ3) is 6.30. The molecule has 0 aliphatic rings. The summed E-state index contributed by atoms with van der Waals surface area (Å²) >= 11 is 0. The molecule has 1 N–H and O–H groups in total. The molecule has 0 radical (unpaired) electrons. The number of carbonyl (C=O) groups is 3. The first-order valence-electron chi connectivity index (χ1n) is 12.6. The normalized spacial score (nSPS) is 10.4. The van der Waals surface area contributed by atoms with Crippen LogP contribution in [0.25, 0.3) is 16.9 Å². The molecule has 4 rings (SSSR count). The van der Waals surface area contributed by atoms with Crippen LogP contribution >= 0.6 is 0 Å². The minimum atomic E-state index is -0.770. The van der Waals surface area contributed by atoms with E-state index >= 15 is 0 Å². The van der Waals surface area contributed by atoms with E-state index in [4.69, 9.17) is 23.7 Å². The number of rotatable bonds is 11. The highest BCUT2D eigenvalue weighted by atomic mass is 16.5. The molecular weight excluding hydrogens is 530 g/mol. The molecule has 1 aromatic heterocycles. The number of para-hydroxylation sites is 3.